The van der Waals surface area contributed by atoms with Crippen LogP contribution in [-0.4, -0.2) is 21.0 Å². The van der Waals surface area contributed by atoms with Gasteiger partial charge in [-0.2, -0.15) is 0 Å². The zero-order valence-electron chi connectivity index (χ0n) is 7.69. The fourth-order valence-corrected chi connectivity index (χ4v) is 0.957. The number of aromatic nitrogens is 2. The van der Waals surface area contributed by atoms with Crippen molar-refractivity contribution in [2.24, 2.45) is 0 Å². The van der Waals surface area contributed by atoms with Crippen LogP contribution in [0, 0.1) is 0 Å². The molecule has 1 rings (SSSR count). The van der Waals surface area contributed by atoms with E-state index >= 15 is 0 Å². The molecule has 0 aliphatic carbocycles. The van der Waals surface area contributed by atoms with Gasteiger partial charge in [-0.3, -0.25) is 4.79 Å². The average Bonchev–Trinajstić information content (AvgIpc) is 2.03. The van der Waals surface area contributed by atoms with Crippen LogP contribution in [0.3, 0.4) is 0 Å². The van der Waals surface area contributed by atoms with Crippen molar-refractivity contribution in [2.45, 2.75) is 26.2 Å². The predicted molar refractivity (Wildman–Crippen MR) is 47.5 cm³/mol. The molecule has 0 aliphatic heterocycles. The highest BCUT2D eigenvalue weighted by atomic mass is 16.4. The van der Waals surface area contributed by atoms with Gasteiger partial charge < -0.3 is 5.11 Å². The lowest BCUT2D eigenvalue weighted by atomic mass is 10.1. The second-order valence-corrected chi connectivity index (χ2v) is 3.12. The van der Waals surface area contributed by atoms with E-state index in [1.807, 2.05) is 13.8 Å². The summed E-state index contributed by atoms with van der Waals surface area (Å²) >= 11 is 0. The summed E-state index contributed by atoms with van der Waals surface area (Å²) in [6.07, 6.45) is 1.49. The molecular weight excluding hydrogens is 168 g/mol. The van der Waals surface area contributed by atoms with Gasteiger partial charge in [0.25, 0.3) is 0 Å². The Balaban J connectivity index is 2.85. The van der Waals surface area contributed by atoms with Crippen LogP contribution in [0.15, 0.2) is 12.3 Å². The summed E-state index contributed by atoms with van der Waals surface area (Å²) in [7, 11) is 0. The van der Waals surface area contributed by atoms with E-state index in [1.54, 1.807) is 12.3 Å². The fourth-order valence-electron chi connectivity index (χ4n) is 0.957. The van der Waals surface area contributed by atoms with Crippen LogP contribution in [0.2, 0.25) is 0 Å². The molecule has 0 unspecified atom stereocenters. The SMILES string of the molecule is CC(C)c1ccnc(CC(=O)O)n1. The normalized spacial score (nSPS) is 10.4. The molecule has 0 aromatic carbocycles. The standard InChI is InChI=1S/C9H12N2O2/c1-6(2)7-3-4-10-8(11-7)5-9(12)13/h3-4,6H,5H2,1-2H3,(H,12,13). The molecule has 1 aromatic heterocycles. The smallest absolute Gasteiger partial charge is 0.311 e. The molecule has 70 valence electrons. The topological polar surface area (TPSA) is 63.1 Å². The molecule has 13 heavy (non-hydrogen) atoms. The molecule has 0 bridgehead atoms. The Morgan fingerprint density at radius 3 is 2.85 bits per heavy atom. The summed E-state index contributed by atoms with van der Waals surface area (Å²) in [6.45, 7) is 4.01. The maximum atomic E-state index is 10.4. The second kappa shape index (κ2) is 3.98. The summed E-state index contributed by atoms with van der Waals surface area (Å²) in [5.41, 5.74) is 0.881. The van der Waals surface area contributed by atoms with E-state index in [1.165, 1.54) is 0 Å². The Kier molecular flexibility index (Phi) is 2.95. The minimum absolute atomic E-state index is 0.111. The third kappa shape index (κ3) is 2.82. The molecule has 0 amide bonds. The zero-order chi connectivity index (χ0) is 9.84. The van der Waals surface area contributed by atoms with Crippen LogP contribution in [0.5, 0.6) is 0 Å². The first-order valence-electron chi connectivity index (χ1n) is 4.13. The summed E-state index contributed by atoms with van der Waals surface area (Å²) in [5.74, 6) is -0.227. The Hall–Kier alpha value is -1.45. The molecule has 4 heteroatoms. The quantitative estimate of drug-likeness (QED) is 0.759. The number of hydrogen-bond acceptors (Lipinski definition) is 3. The van der Waals surface area contributed by atoms with Crippen molar-refractivity contribution in [3.05, 3.63) is 23.8 Å². The lowest BCUT2D eigenvalue weighted by Gasteiger charge is -2.04. The number of nitrogens with zero attached hydrogens (tertiary/aromatic N) is 2. The van der Waals surface area contributed by atoms with Gasteiger partial charge >= 0.3 is 5.97 Å². The molecule has 0 saturated carbocycles. The van der Waals surface area contributed by atoms with E-state index in [2.05, 4.69) is 9.97 Å². The van der Waals surface area contributed by atoms with E-state index < -0.39 is 5.97 Å². The van der Waals surface area contributed by atoms with Crippen LogP contribution < -0.4 is 0 Å². The molecule has 1 aromatic rings. The Morgan fingerprint density at radius 2 is 2.31 bits per heavy atom. The molecular formula is C9H12N2O2. The maximum absolute atomic E-state index is 10.4. The first-order chi connectivity index (χ1) is 6.09. The molecule has 1 N–H and O–H groups in total. The van der Waals surface area contributed by atoms with Crippen molar-refractivity contribution in [1.82, 2.24) is 9.97 Å². The lowest BCUT2D eigenvalue weighted by molar-refractivity contribution is -0.136. The van der Waals surface area contributed by atoms with Crippen molar-refractivity contribution in [1.29, 1.82) is 0 Å². The summed E-state index contributed by atoms with van der Waals surface area (Å²) < 4.78 is 0. The van der Waals surface area contributed by atoms with Crippen molar-refractivity contribution in [3.63, 3.8) is 0 Å². The van der Waals surface area contributed by atoms with Crippen LogP contribution in [0.1, 0.15) is 31.3 Å². The van der Waals surface area contributed by atoms with Gasteiger partial charge in [0.15, 0.2) is 0 Å². The number of carbonyl (C=O) groups is 1. The van der Waals surface area contributed by atoms with Crippen molar-refractivity contribution in [3.8, 4) is 0 Å². The minimum Gasteiger partial charge on any atom is -0.481 e. The van der Waals surface area contributed by atoms with Gasteiger partial charge in [0.05, 0.1) is 0 Å². The number of carboxylic acids is 1. The van der Waals surface area contributed by atoms with Crippen LogP contribution in [0.25, 0.3) is 0 Å². The van der Waals surface area contributed by atoms with Crippen molar-refractivity contribution in [2.75, 3.05) is 0 Å². The summed E-state index contributed by atoms with van der Waals surface area (Å²) in [4.78, 5) is 18.4. The van der Waals surface area contributed by atoms with E-state index in [4.69, 9.17) is 5.11 Å². The van der Waals surface area contributed by atoms with Gasteiger partial charge in [0.1, 0.15) is 12.2 Å². The molecule has 0 saturated heterocycles. The largest absolute Gasteiger partial charge is 0.481 e. The number of aliphatic carboxylic acids is 1. The van der Waals surface area contributed by atoms with E-state index in [-0.39, 0.29) is 6.42 Å². The third-order valence-corrected chi connectivity index (χ3v) is 1.63. The van der Waals surface area contributed by atoms with Gasteiger partial charge in [-0.15, -0.1) is 0 Å². The molecule has 1 heterocycles. The molecule has 0 aliphatic rings. The highest BCUT2D eigenvalue weighted by Gasteiger charge is 2.06. The lowest BCUT2D eigenvalue weighted by Crippen LogP contribution is -2.06. The highest BCUT2D eigenvalue weighted by molar-refractivity contribution is 5.68. The Bertz CT molecular complexity index is 310. The predicted octanol–water partition coefficient (Wildman–Crippen LogP) is 1.23. The van der Waals surface area contributed by atoms with E-state index in [0.29, 0.717) is 11.7 Å². The number of hydrogen-bond donors (Lipinski definition) is 1. The van der Waals surface area contributed by atoms with Crippen molar-refractivity contribution < 1.29 is 9.90 Å². The molecule has 4 nitrogen and oxygen atoms in total. The van der Waals surface area contributed by atoms with Crippen LogP contribution >= 0.6 is 0 Å². The van der Waals surface area contributed by atoms with Gasteiger partial charge in [-0.25, -0.2) is 9.97 Å². The van der Waals surface area contributed by atoms with Gasteiger partial charge in [-0.05, 0) is 12.0 Å². The molecule has 0 spiro atoms. The van der Waals surface area contributed by atoms with Gasteiger partial charge in [0.2, 0.25) is 0 Å². The Labute approximate surface area is 76.7 Å². The van der Waals surface area contributed by atoms with Gasteiger partial charge in [-0.1, -0.05) is 13.8 Å². The van der Waals surface area contributed by atoms with Crippen LogP contribution in [0.4, 0.5) is 0 Å². The molecule has 0 fully saturated rings. The zero-order valence-corrected chi connectivity index (χ0v) is 7.69. The van der Waals surface area contributed by atoms with E-state index in [0.717, 1.165) is 5.69 Å². The van der Waals surface area contributed by atoms with Crippen LogP contribution in [-0.2, 0) is 11.2 Å². The van der Waals surface area contributed by atoms with Gasteiger partial charge in [0, 0.05) is 11.9 Å². The molecule has 0 atom stereocenters. The minimum atomic E-state index is -0.902. The number of rotatable bonds is 3. The first-order valence-corrected chi connectivity index (χ1v) is 4.13. The highest BCUT2D eigenvalue weighted by Crippen LogP contribution is 2.09. The number of carboxylic acid groups (broad SMARTS) is 1. The third-order valence-electron chi connectivity index (χ3n) is 1.63. The Morgan fingerprint density at radius 1 is 1.62 bits per heavy atom. The fraction of sp³-hybridized carbons (Fsp3) is 0.444. The first kappa shape index (κ1) is 9.64. The maximum Gasteiger partial charge on any atom is 0.311 e. The summed E-state index contributed by atoms with van der Waals surface area (Å²) in [5, 5.41) is 8.52. The van der Waals surface area contributed by atoms with E-state index in [9.17, 15) is 4.79 Å². The monoisotopic (exact) mass is 180 g/mol. The molecule has 0 radical (unpaired) electrons. The average molecular weight is 180 g/mol. The van der Waals surface area contributed by atoms with Crippen molar-refractivity contribution >= 4 is 5.97 Å². The second-order valence-electron chi connectivity index (χ2n) is 3.12. The summed E-state index contributed by atoms with van der Waals surface area (Å²) in [6, 6.07) is 1.80.